The number of carbonyl (C=O) groups excluding carboxylic acids is 2. The van der Waals surface area contributed by atoms with Crippen LogP contribution < -0.4 is 9.91 Å². The lowest BCUT2D eigenvalue weighted by Crippen LogP contribution is -2.39. The number of benzene rings is 2. The number of nitrogens with zero attached hydrogens (tertiary/aromatic N) is 3. The molecule has 3 rings (SSSR count). The molecule has 2 aromatic carbocycles. The van der Waals surface area contributed by atoms with Gasteiger partial charge in [0.2, 0.25) is 5.91 Å². The lowest BCUT2D eigenvalue weighted by molar-refractivity contribution is -0.121. The number of nitroso groups, excluding NO2 is 1. The van der Waals surface area contributed by atoms with Gasteiger partial charge in [-0.1, -0.05) is 35.4 Å². The van der Waals surface area contributed by atoms with Crippen molar-refractivity contribution in [3.8, 4) is 0 Å². The summed E-state index contributed by atoms with van der Waals surface area (Å²) in [5.41, 5.74) is 3.06. The number of imide groups is 1. The Hall–Kier alpha value is -3.02. The quantitative estimate of drug-likeness (QED) is 0.492. The predicted molar refractivity (Wildman–Crippen MR) is 91.5 cm³/mol. The van der Waals surface area contributed by atoms with Crippen LogP contribution in [0.5, 0.6) is 0 Å². The third kappa shape index (κ3) is 2.78. The van der Waals surface area contributed by atoms with Crippen molar-refractivity contribution in [1.29, 1.82) is 0 Å². The highest BCUT2D eigenvalue weighted by Crippen LogP contribution is 2.29. The number of hydrogen-bond acceptors (Lipinski definition) is 4. The van der Waals surface area contributed by atoms with Gasteiger partial charge in [0.25, 0.3) is 5.91 Å². The Morgan fingerprint density at radius 3 is 2.04 bits per heavy atom. The normalized spacial score (nSPS) is 17.2. The number of anilines is 2. The molecule has 1 aliphatic rings. The maximum atomic E-state index is 12.7. The molecular formula is C18H17N3O3. The summed E-state index contributed by atoms with van der Waals surface area (Å²) in [5.74, 6) is -0.779. The number of rotatable bonds is 4. The van der Waals surface area contributed by atoms with Crippen LogP contribution in [-0.2, 0) is 9.59 Å². The fourth-order valence-corrected chi connectivity index (χ4v) is 2.75. The van der Waals surface area contributed by atoms with Crippen molar-refractivity contribution in [2.45, 2.75) is 26.3 Å². The van der Waals surface area contributed by atoms with Gasteiger partial charge in [0.1, 0.15) is 6.04 Å². The van der Waals surface area contributed by atoms with Gasteiger partial charge in [-0.15, -0.1) is 4.91 Å². The van der Waals surface area contributed by atoms with Gasteiger partial charge in [-0.2, -0.15) is 0 Å². The number of amides is 2. The van der Waals surface area contributed by atoms with Gasteiger partial charge in [-0.25, -0.2) is 9.91 Å². The van der Waals surface area contributed by atoms with E-state index in [-0.39, 0.29) is 12.3 Å². The zero-order chi connectivity index (χ0) is 17.3. The van der Waals surface area contributed by atoms with Crippen molar-refractivity contribution in [2.75, 3.05) is 9.91 Å². The van der Waals surface area contributed by atoms with E-state index in [1.165, 1.54) is 0 Å². The van der Waals surface area contributed by atoms with E-state index in [2.05, 4.69) is 5.29 Å². The summed E-state index contributed by atoms with van der Waals surface area (Å²) < 4.78 is 0. The Balaban J connectivity index is 1.90. The highest BCUT2D eigenvalue weighted by atomic mass is 16.3. The molecule has 2 amide bonds. The van der Waals surface area contributed by atoms with Crippen LogP contribution in [0.25, 0.3) is 0 Å². The van der Waals surface area contributed by atoms with Gasteiger partial charge in [0.05, 0.1) is 23.1 Å². The summed E-state index contributed by atoms with van der Waals surface area (Å²) in [6.07, 6.45) is -0.0771. The fourth-order valence-electron chi connectivity index (χ4n) is 2.75. The molecule has 1 heterocycles. The third-order valence-electron chi connectivity index (χ3n) is 4.10. The molecule has 0 bridgehead atoms. The van der Waals surface area contributed by atoms with Crippen LogP contribution in [-0.4, -0.2) is 17.9 Å². The maximum Gasteiger partial charge on any atom is 0.259 e. The van der Waals surface area contributed by atoms with Crippen molar-refractivity contribution in [3.05, 3.63) is 64.6 Å². The Morgan fingerprint density at radius 1 is 0.958 bits per heavy atom. The highest BCUT2D eigenvalue weighted by Gasteiger charge is 2.43. The standard InChI is InChI=1S/C18H17N3O3/c1-12-3-7-14(8-4-12)20-17(22)11-16(18(20)23)21(19-24)15-9-5-13(2)6-10-15/h3-10,16H,11H2,1-2H3/t16-/m0/s1. The summed E-state index contributed by atoms with van der Waals surface area (Å²) in [6, 6.07) is 13.3. The van der Waals surface area contributed by atoms with E-state index in [1.807, 2.05) is 38.1 Å². The van der Waals surface area contributed by atoms with E-state index in [9.17, 15) is 14.5 Å². The Morgan fingerprint density at radius 2 is 1.50 bits per heavy atom. The maximum absolute atomic E-state index is 12.7. The smallest absolute Gasteiger partial charge is 0.259 e. The molecule has 0 unspecified atom stereocenters. The van der Waals surface area contributed by atoms with Crippen LogP contribution in [0.4, 0.5) is 11.4 Å². The van der Waals surface area contributed by atoms with Gasteiger partial charge in [-0.3, -0.25) is 9.59 Å². The number of hydrogen-bond donors (Lipinski definition) is 0. The van der Waals surface area contributed by atoms with Gasteiger partial charge in [0.15, 0.2) is 0 Å². The molecule has 1 fully saturated rings. The first-order valence-electron chi connectivity index (χ1n) is 7.64. The van der Waals surface area contributed by atoms with Crippen molar-refractivity contribution in [3.63, 3.8) is 0 Å². The minimum absolute atomic E-state index is 0.0771. The monoisotopic (exact) mass is 323 g/mol. The average molecular weight is 323 g/mol. The fraction of sp³-hybridized carbons (Fsp3) is 0.222. The molecule has 0 saturated carbocycles. The molecule has 0 N–H and O–H groups in total. The zero-order valence-corrected chi connectivity index (χ0v) is 13.5. The Bertz CT molecular complexity index is 784. The van der Waals surface area contributed by atoms with Crippen LogP contribution in [0, 0.1) is 18.8 Å². The van der Waals surface area contributed by atoms with Gasteiger partial charge >= 0.3 is 0 Å². The Labute approximate surface area is 139 Å². The van der Waals surface area contributed by atoms with E-state index in [0.29, 0.717) is 11.4 Å². The molecule has 24 heavy (non-hydrogen) atoms. The lowest BCUT2D eigenvalue weighted by Gasteiger charge is -2.21. The van der Waals surface area contributed by atoms with E-state index in [1.54, 1.807) is 24.3 Å². The van der Waals surface area contributed by atoms with Crippen LogP contribution in [0.15, 0.2) is 53.8 Å². The summed E-state index contributed by atoms with van der Waals surface area (Å²) in [7, 11) is 0. The first-order valence-corrected chi connectivity index (χ1v) is 7.64. The van der Waals surface area contributed by atoms with Crippen LogP contribution in [0.2, 0.25) is 0 Å². The zero-order valence-electron chi connectivity index (χ0n) is 13.5. The highest BCUT2D eigenvalue weighted by molar-refractivity contribution is 6.23. The molecular weight excluding hydrogens is 306 g/mol. The van der Waals surface area contributed by atoms with Crippen LogP contribution in [0.1, 0.15) is 17.5 Å². The molecule has 1 atom stereocenters. The minimum atomic E-state index is -0.918. The Kier molecular flexibility index (Phi) is 4.12. The SMILES string of the molecule is Cc1ccc(N2C(=O)C[C@H](N(N=O)c3ccc(C)cc3)C2=O)cc1. The molecule has 0 spiro atoms. The molecule has 6 heteroatoms. The van der Waals surface area contributed by atoms with Crippen molar-refractivity contribution in [1.82, 2.24) is 0 Å². The minimum Gasteiger partial charge on any atom is -0.274 e. The predicted octanol–water partition coefficient (Wildman–Crippen LogP) is 3.12. The van der Waals surface area contributed by atoms with Crippen LogP contribution in [0.3, 0.4) is 0 Å². The first kappa shape index (κ1) is 15.9. The van der Waals surface area contributed by atoms with Crippen molar-refractivity contribution in [2.24, 2.45) is 5.29 Å². The van der Waals surface area contributed by atoms with Crippen molar-refractivity contribution < 1.29 is 9.59 Å². The largest absolute Gasteiger partial charge is 0.274 e. The van der Waals surface area contributed by atoms with Gasteiger partial charge in [0, 0.05) is 0 Å². The first-order chi connectivity index (χ1) is 11.5. The van der Waals surface area contributed by atoms with E-state index in [4.69, 9.17) is 0 Å². The summed E-state index contributed by atoms with van der Waals surface area (Å²) in [4.78, 5) is 37.5. The summed E-state index contributed by atoms with van der Waals surface area (Å²) in [6.45, 7) is 3.85. The van der Waals surface area contributed by atoms with Gasteiger partial charge in [-0.05, 0) is 38.1 Å². The molecule has 0 aromatic heterocycles. The summed E-state index contributed by atoms with van der Waals surface area (Å²) in [5, 5.41) is 4.06. The molecule has 122 valence electrons. The van der Waals surface area contributed by atoms with E-state index in [0.717, 1.165) is 21.0 Å². The van der Waals surface area contributed by atoms with Crippen molar-refractivity contribution >= 4 is 23.2 Å². The molecule has 1 saturated heterocycles. The third-order valence-corrected chi connectivity index (χ3v) is 4.10. The lowest BCUT2D eigenvalue weighted by atomic mass is 10.2. The van der Waals surface area contributed by atoms with Crippen LogP contribution >= 0.6 is 0 Å². The second-order valence-electron chi connectivity index (χ2n) is 5.88. The van der Waals surface area contributed by atoms with Gasteiger partial charge < -0.3 is 0 Å². The molecule has 0 aliphatic carbocycles. The number of carbonyl (C=O) groups is 2. The molecule has 2 aromatic rings. The average Bonchev–Trinajstić information content (AvgIpc) is 2.86. The summed E-state index contributed by atoms with van der Waals surface area (Å²) >= 11 is 0. The molecule has 1 aliphatic heterocycles. The molecule has 6 nitrogen and oxygen atoms in total. The molecule has 0 radical (unpaired) electrons. The second kappa shape index (κ2) is 6.23. The number of aryl methyl sites for hydroxylation is 2. The van der Waals surface area contributed by atoms with E-state index >= 15 is 0 Å². The van der Waals surface area contributed by atoms with E-state index < -0.39 is 11.9 Å². The topological polar surface area (TPSA) is 70.1 Å². The second-order valence-corrected chi connectivity index (χ2v) is 5.88.